The van der Waals surface area contributed by atoms with Crippen LogP contribution in [0.2, 0.25) is 0 Å². The largest absolute Gasteiger partial charge is 0.389 e. The Bertz CT molecular complexity index is 887. The summed E-state index contributed by atoms with van der Waals surface area (Å²) in [6, 6.07) is 0.468. The van der Waals surface area contributed by atoms with Gasteiger partial charge in [0.1, 0.15) is 10.7 Å². The Morgan fingerprint density at radius 2 is 2.03 bits per heavy atom. The van der Waals surface area contributed by atoms with Crippen molar-refractivity contribution < 1.29 is 9.84 Å². The molecule has 7 heteroatoms. The van der Waals surface area contributed by atoms with Gasteiger partial charge in [0.15, 0.2) is 0 Å². The number of fused-ring (bicyclic) bond motifs is 3. The Morgan fingerprint density at radius 3 is 2.79 bits per heavy atom. The van der Waals surface area contributed by atoms with Crippen LogP contribution in [0.4, 0.5) is 0 Å². The van der Waals surface area contributed by atoms with Crippen molar-refractivity contribution in [2.24, 2.45) is 5.92 Å². The van der Waals surface area contributed by atoms with Crippen LogP contribution >= 0.6 is 11.3 Å². The fourth-order valence-electron chi connectivity index (χ4n) is 4.20. The van der Waals surface area contributed by atoms with Gasteiger partial charge in [-0.2, -0.15) is 0 Å². The molecule has 2 aliphatic rings. The van der Waals surface area contributed by atoms with Crippen LogP contribution in [0.1, 0.15) is 62.2 Å². The van der Waals surface area contributed by atoms with E-state index in [1.807, 2.05) is 0 Å². The molecule has 2 aliphatic carbocycles. The van der Waals surface area contributed by atoms with Crippen molar-refractivity contribution in [3.05, 3.63) is 26.6 Å². The van der Waals surface area contributed by atoms with Crippen LogP contribution in [0, 0.1) is 5.92 Å². The molecule has 29 heavy (non-hydrogen) atoms. The molecule has 6 nitrogen and oxygen atoms in total. The molecule has 0 aromatic carbocycles. The first kappa shape index (κ1) is 21.0. The van der Waals surface area contributed by atoms with Gasteiger partial charge in [-0.15, -0.1) is 11.3 Å². The minimum absolute atomic E-state index is 0.000891. The van der Waals surface area contributed by atoms with Gasteiger partial charge in [-0.05, 0) is 50.0 Å². The summed E-state index contributed by atoms with van der Waals surface area (Å²) in [5, 5.41) is 11.2. The Kier molecular flexibility index (Phi) is 6.69. The molecule has 2 heterocycles. The molecular formula is C22H33N3O3S. The molecule has 2 N–H and O–H groups in total. The Morgan fingerprint density at radius 1 is 1.24 bits per heavy atom. The highest BCUT2D eigenvalue weighted by atomic mass is 32.1. The van der Waals surface area contributed by atoms with Gasteiger partial charge < -0.3 is 14.8 Å². The van der Waals surface area contributed by atoms with Crippen molar-refractivity contribution in [3.8, 4) is 0 Å². The second kappa shape index (κ2) is 9.25. The SMILES string of the molecule is CC(C)COCC(O)CN(Cc1nc2sc3c(c2c(=O)[nH]1)CCCCC3)C1CC1. The summed E-state index contributed by atoms with van der Waals surface area (Å²) in [4.78, 5) is 25.2. The zero-order valence-corrected chi connectivity index (χ0v) is 18.4. The number of H-pyrrole nitrogens is 1. The molecule has 2 aromatic rings. The minimum atomic E-state index is -0.525. The Hall–Kier alpha value is -1.28. The van der Waals surface area contributed by atoms with Crippen molar-refractivity contribution in [2.45, 2.75) is 77.5 Å². The highest BCUT2D eigenvalue weighted by molar-refractivity contribution is 7.18. The van der Waals surface area contributed by atoms with E-state index in [0.717, 1.165) is 42.3 Å². The van der Waals surface area contributed by atoms with E-state index in [4.69, 9.17) is 9.72 Å². The van der Waals surface area contributed by atoms with Gasteiger partial charge in [-0.1, -0.05) is 20.3 Å². The van der Waals surface area contributed by atoms with E-state index in [2.05, 4.69) is 23.7 Å². The summed E-state index contributed by atoms with van der Waals surface area (Å²) in [7, 11) is 0. The zero-order chi connectivity index (χ0) is 20.4. The Balaban J connectivity index is 1.47. The number of nitrogens with zero attached hydrogens (tertiary/aromatic N) is 2. The van der Waals surface area contributed by atoms with Crippen molar-refractivity contribution in [2.75, 3.05) is 19.8 Å². The van der Waals surface area contributed by atoms with Gasteiger partial charge in [0.2, 0.25) is 0 Å². The fourth-order valence-corrected chi connectivity index (χ4v) is 5.48. The quantitative estimate of drug-likeness (QED) is 0.610. The molecule has 0 saturated heterocycles. The number of aromatic amines is 1. The molecule has 2 aromatic heterocycles. The number of nitrogens with one attached hydrogen (secondary N) is 1. The highest BCUT2D eigenvalue weighted by Crippen LogP contribution is 2.33. The van der Waals surface area contributed by atoms with Gasteiger partial charge in [0.25, 0.3) is 5.56 Å². The summed E-state index contributed by atoms with van der Waals surface area (Å²) in [6.07, 6.45) is 7.42. The summed E-state index contributed by atoms with van der Waals surface area (Å²) in [5.41, 5.74) is 1.24. The first-order valence-corrected chi connectivity index (χ1v) is 11.9. The molecule has 1 atom stereocenters. The molecule has 0 spiro atoms. The number of aromatic nitrogens is 2. The number of aliphatic hydroxyl groups excluding tert-OH is 1. The topological polar surface area (TPSA) is 78.5 Å². The lowest BCUT2D eigenvalue weighted by Gasteiger charge is -2.24. The first-order chi connectivity index (χ1) is 14.0. The van der Waals surface area contributed by atoms with Crippen molar-refractivity contribution in [1.29, 1.82) is 0 Å². The predicted octanol–water partition coefficient (Wildman–Crippen LogP) is 3.25. The average Bonchev–Trinajstić information content (AvgIpc) is 3.46. The third-order valence-corrected chi connectivity index (χ3v) is 6.93. The van der Waals surface area contributed by atoms with Crippen molar-refractivity contribution >= 4 is 21.6 Å². The number of thiophene rings is 1. The first-order valence-electron chi connectivity index (χ1n) is 11.0. The number of rotatable bonds is 9. The normalized spacial score (nSPS) is 18.4. The van der Waals surface area contributed by atoms with Gasteiger partial charge in [-0.25, -0.2) is 4.98 Å². The lowest BCUT2D eigenvalue weighted by molar-refractivity contribution is 0.00510. The highest BCUT2D eigenvalue weighted by Gasteiger charge is 2.31. The molecule has 1 unspecified atom stereocenters. The lowest BCUT2D eigenvalue weighted by Crippen LogP contribution is -2.37. The monoisotopic (exact) mass is 419 g/mol. The average molecular weight is 420 g/mol. The van der Waals surface area contributed by atoms with Gasteiger partial charge in [0.05, 0.1) is 24.6 Å². The van der Waals surface area contributed by atoms with E-state index < -0.39 is 6.10 Å². The lowest BCUT2D eigenvalue weighted by atomic mass is 10.1. The standard InChI is InChI=1S/C22H33N3O3S/c1-14(2)12-28-13-16(26)10-25(15-8-9-15)11-19-23-21(27)20-17-6-4-3-5-7-18(17)29-22(20)24-19/h14-16,26H,3-13H2,1-2H3,(H,23,24,27). The van der Waals surface area contributed by atoms with Crippen molar-refractivity contribution in [1.82, 2.24) is 14.9 Å². The fraction of sp³-hybridized carbons (Fsp3) is 0.727. The van der Waals surface area contributed by atoms with Crippen LogP contribution in [-0.2, 0) is 24.1 Å². The van der Waals surface area contributed by atoms with E-state index in [0.29, 0.717) is 44.1 Å². The van der Waals surface area contributed by atoms with Crippen LogP contribution in [0.15, 0.2) is 4.79 Å². The Labute approximate surface area is 176 Å². The number of aliphatic hydroxyl groups is 1. The molecule has 4 rings (SSSR count). The van der Waals surface area contributed by atoms with Crippen LogP contribution in [-0.4, -0.2) is 51.9 Å². The zero-order valence-electron chi connectivity index (χ0n) is 17.6. The maximum atomic E-state index is 12.9. The molecule has 1 fully saturated rings. The number of ether oxygens (including phenoxy) is 1. The van der Waals surface area contributed by atoms with Gasteiger partial charge in [-0.3, -0.25) is 9.69 Å². The minimum Gasteiger partial charge on any atom is -0.389 e. The summed E-state index contributed by atoms with van der Waals surface area (Å²) < 4.78 is 5.59. The van der Waals surface area contributed by atoms with E-state index in [-0.39, 0.29) is 5.56 Å². The third-order valence-electron chi connectivity index (χ3n) is 5.75. The number of aryl methyl sites for hydroxylation is 2. The van der Waals surface area contributed by atoms with Crippen molar-refractivity contribution in [3.63, 3.8) is 0 Å². The number of hydrogen-bond donors (Lipinski definition) is 2. The van der Waals surface area contributed by atoms with E-state index in [9.17, 15) is 9.90 Å². The molecule has 1 saturated carbocycles. The van der Waals surface area contributed by atoms with E-state index in [1.54, 1.807) is 11.3 Å². The molecule has 0 amide bonds. The molecule has 160 valence electrons. The second-order valence-corrected chi connectivity index (χ2v) is 10.1. The van der Waals surface area contributed by atoms with Crippen LogP contribution < -0.4 is 5.56 Å². The summed E-state index contributed by atoms with van der Waals surface area (Å²) >= 11 is 1.70. The summed E-state index contributed by atoms with van der Waals surface area (Å²) in [5.74, 6) is 1.17. The van der Waals surface area contributed by atoms with Gasteiger partial charge in [0, 0.05) is 24.1 Å². The number of hydrogen-bond acceptors (Lipinski definition) is 6. The maximum Gasteiger partial charge on any atom is 0.259 e. The molecule has 0 aliphatic heterocycles. The van der Waals surface area contributed by atoms with Crippen LogP contribution in [0.5, 0.6) is 0 Å². The molecule has 0 radical (unpaired) electrons. The van der Waals surface area contributed by atoms with Crippen LogP contribution in [0.3, 0.4) is 0 Å². The molecular weight excluding hydrogens is 386 g/mol. The second-order valence-electron chi connectivity index (χ2n) is 9.00. The van der Waals surface area contributed by atoms with Gasteiger partial charge >= 0.3 is 0 Å². The summed E-state index contributed by atoms with van der Waals surface area (Å²) in [6.45, 7) is 6.33. The maximum absolute atomic E-state index is 12.9. The van der Waals surface area contributed by atoms with Crippen LogP contribution in [0.25, 0.3) is 10.2 Å². The van der Waals surface area contributed by atoms with E-state index in [1.165, 1.54) is 23.3 Å². The predicted molar refractivity (Wildman–Crippen MR) is 117 cm³/mol. The third kappa shape index (κ3) is 5.26. The molecule has 0 bridgehead atoms. The van der Waals surface area contributed by atoms with E-state index >= 15 is 0 Å². The smallest absolute Gasteiger partial charge is 0.259 e.